The quantitative estimate of drug-likeness (QED) is 0.564. The SMILES string of the molecule is CN(C)CCCc1ccc(C(=O)/C=C/c2ccc(F)cc2)cc1. The Morgan fingerprint density at radius 3 is 2.30 bits per heavy atom. The van der Waals surface area contributed by atoms with Gasteiger partial charge in [0.1, 0.15) is 5.82 Å². The highest BCUT2D eigenvalue weighted by Gasteiger charge is 2.02. The van der Waals surface area contributed by atoms with E-state index in [2.05, 4.69) is 19.0 Å². The molecule has 0 saturated carbocycles. The standard InChI is InChI=1S/C20H22FNO/c1-22(2)15-3-4-16-5-10-18(11-6-16)20(23)14-9-17-7-12-19(21)13-8-17/h5-14H,3-4,15H2,1-2H3/b14-9+. The summed E-state index contributed by atoms with van der Waals surface area (Å²) in [5.74, 6) is -0.326. The molecule has 0 radical (unpaired) electrons. The zero-order chi connectivity index (χ0) is 16.7. The third-order valence-electron chi connectivity index (χ3n) is 3.61. The number of aryl methyl sites for hydroxylation is 1. The van der Waals surface area contributed by atoms with Gasteiger partial charge in [-0.1, -0.05) is 42.5 Å². The second-order valence-electron chi connectivity index (χ2n) is 5.85. The van der Waals surface area contributed by atoms with Gasteiger partial charge in [0.25, 0.3) is 0 Å². The van der Waals surface area contributed by atoms with Crippen molar-refractivity contribution in [1.29, 1.82) is 0 Å². The first kappa shape index (κ1) is 17.1. The lowest BCUT2D eigenvalue weighted by Gasteiger charge is -2.08. The van der Waals surface area contributed by atoms with Crippen molar-refractivity contribution in [2.24, 2.45) is 0 Å². The predicted octanol–water partition coefficient (Wildman–Crippen LogP) is 4.22. The lowest BCUT2D eigenvalue weighted by atomic mass is 10.0. The molecule has 2 aromatic carbocycles. The molecule has 2 nitrogen and oxygen atoms in total. The van der Waals surface area contributed by atoms with Gasteiger partial charge in [-0.15, -0.1) is 0 Å². The molecule has 0 aromatic heterocycles. The van der Waals surface area contributed by atoms with Crippen molar-refractivity contribution >= 4 is 11.9 Å². The Hall–Kier alpha value is -2.26. The van der Waals surface area contributed by atoms with Crippen LogP contribution in [0.5, 0.6) is 0 Å². The number of hydrogen-bond donors (Lipinski definition) is 0. The minimum Gasteiger partial charge on any atom is -0.309 e. The van der Waals surface area contributed by atoms with Crippen LogP contribution in [0.15, 0.2) is 54.6 Å². The molecule has 0 unspecified atom stereocenters. The average Bonchev–Trinajstić information content (AvgIpc) is 2.54. The van der Waals surface area contributed by atoms with Crippen LogP contribution < -0.4 is 0 Å². The van der Waals surface area contributed by atoms with Crippen molar-refractivity contribution in [3.8, 4) is 0 Å². The number of hydrogen-bond acceptors (Lipinski definition) is 2. The highest BCUT2D eigenvalue weighted by atomic mass is 19.1. The van der Waals surface area contributed by atoms with Gasteiger partial charge in [-0.05, 0) is 62.8 Å². The molecule has 0 bridgehead atoms. The first-order valence-corrected chi connectivity index (χ1v) is 7.76. The zero-order valence-corrected chi connectivity index (χ0v) is 13.6. The van der Waals surface area contributed by atoms with Crippen LogP contribution >= 0.6 is 0 Å². The van der Waals surface area contributed by atoms with Crippen molar-refractivity contribution in [3.63, 3.8) is 0 Å². The Morgan fingerprint density at radius 2 is 1.70 bits per heavy atom. The topological polar surface area (TPSA) is 20.3 Å². The second-order valence-corrected chi connectivity index (χ2v) is 5.85. The second kappa shape index (κ2) is 8.39. The van der Waals surface area contributed by atoms with E-state index in [0.29, 0.717) is 5.56 Å². The first-order valence-electron chi connectivity index (χ1n) is 7.76. The van der Waals surface area contributed by atoms with Crippen LogP contribution in [-0.4, -0.2) is 31.3 Å². The number of rotatable bonds is 7. The molecule has 0 aliphatic heterocycles. The molecule has 2 aromatic rings. The number of allylic oxidation sites excluding steroid dienone is 1. The van der Waals surface area contributed by atoms with E-state index >= 15 is 0 Å². The van der Waals surface area contributed by atoms with E-state index in [1.807, 2.05) is 24.3 Å². The van der Waals surface area contributed by atoms with Crippen LogP contribution in [0, 0.1) is 5.82 Å². The maximum absolute atomic E-state index is 12.8. The van der Waals surface area contributed by atoms with Gasteiger partial charge in [0.2, 0.25) is 0 Å². The third kappa shape index (κ3) is 5.80. The first-order chi connectivity index (χ1) is 11.0. The molecule has 0 aliphatic carbocycles. The molecule has 23 heavy (non-hydrogen) atoms. The van der Waals surface area contributed by atoms with Gasteiger partial charge in [-0.25, -0.2) is 4.39 Å². The summed E-state index contributed by atoms with van der Waals surface area (Å²) in [7, 11) is 4.13. The van der Waals surface area contributed by atoms with E-state index in [1.165, 1.54) is 23.8 Å². The molecule has 0 N–H and O–H groups in total. The summed E-state index contributed by atoms with van der Waals surface area (Å²) in [6.45, 7) is 1.06. The fraction of sp³-hybridized carbons (Fsp3) is 0.250. The molecule has 0 amide bonds. The summed E-state index contributed by atoms with van der Waals surface area (Å²) in [5.41, 5.74) is 2.71. The van der Waals surface area contributed by atoms with Crippen molar-refractivity contribution in [2.75, 3.05) is 20.6 Å². The Balaban J connectivity index is 1.93. The highest BCUT2D eigenvalue weighted by molar-refractivity contribution is 6.06. The Morgan fingerprint density at radius 1 is 1.04 bits per heavy atom. The number of halogens is 1. The Labute approximate surface area is 137 Å². The summed E-state index contributed by atoms with van der Waals surface area (Å²) in [5, 5.41) is 0. The predicted molar refractivity (Wildman–Crippen MR) is 93.1 cm³/mol. The fourth-order valence-electron chi connectivity index (χ4n) is 2.28. The summed E-state index contributed by atoms with van der Waals surface area (Å²) in [4.78, 5) is 14.3. The van der Waals surface area contributed by atoms with Crippen LogP contribution in [0.25, 0.3) is 6.08 Å². The van der Waals surface area contributed by atoms with Crippen molar-refractivity contribution in [2.45, 2.75) is 12.8 Å². The molecular weight excluding hydrogens is 289 g/mol. The molecule has 0 fully saturated rings. The van der Waals surface area contributed by atoms with Gasteiger partial charge in [0, 0.05) is 5.56 Å². The third-order valence-corrected chi connectivity index (χ3v) is 3.61. The molecule has 3 heteroatoms. The van der Waals surface area contributed by atoms with E-state index in [0.717, 1.165) is 24.9 Å². The number of carbonyl (C=O) groups is 1. The molecular formula is C20H22FNO. The number of benzene rings is 2. The largest absolute Gasteiger partial charge is 0.309 e. The van der Waals surface area contributed by atoms with E-state index < -0.39 is 0 Å². The van der Waals surface area contributed by atoms with Crippen LogP contribution in [0.3, 0.4) is 0 Å². The minimum atomic E-state index is -0.279. The monoisotopic (exact) mass is 311 g/mol. The van der Waals surface area contributed by atoms with Crippen LogP contribution in [0.2, 0.25) is 0 Å². The molecule has 0 spiro atoms. The molecule has 0 heterocycles. The lowest BCUT2D eigenvalue weighted by Crippen LogP contribution is -2.13. The molecule has 2 rings (SSSR count). The van der Waals surface area contributed by atoms with Gasteiger partial charge in [0.15, 0.2) is 5.78 Å². The van der Waals surface area contributed by atoms with Crippen LogP contribution in [-0.2, 0) is 6.42 Å². The van der Waals surface area contributed by atoms with E-state index in [9.17, 15) is 9.18 Å². The van der Waals surface area contributed by atoms with Crippen LogP contribution in [0.4, 0.5) is 4.39 Å². The summed E-state index contributed by atoms with van der Waals surface area (Å²) < 4.78 is 12.8. The lowest BCUT2D eigenvalue weighted by molar-refractivity contribution is 0.104. The highest BCUT2D eigenvalue weighted by Crippen LogP contribution is 2.10. The zero-order valence-electron chi connectivity index (χ0n) is 13.6. The van der Waals surface area contributed by atoms with E-state index in [-0.39, 0.29) is 11.6 Å². The number of nitrogens with zero attached hydrogens (tertiary/aromatic N) is 1. The van der Waals surface area contributed by atoms with Gasteiger partial charge in [-0.3, -0.25) is 4.79 Å². The Kier molecular flexibility index (Phi) is 6.24. The molecule has 0 aliphatic rings. The van der Waals surface area contributed by atoms with Gasteiger partial charge >= 0.3 is 0 Å². The van der Waals surface area contributed by atoms with Crippen molar-refractivity contribution < 1.29 is 9.18 Å². The maximum Gasteiger partial charge on any atom is 0.185 e. The fourth-order valence-corrected chi connectivity index (χ4v) is 2.28. The normalized spacial score (nSPS) is 11.3. The van der Waals surface area contributed by atoms with Crippen molar-refractivity contribution in [1.82, 2.24) is 4.90 Å². The van der Waals surface area contributed by atoms with Crippen molar-refractivity contribution in [3.05, 3.63) is 77.1 Å². The minimum absolute atomic E-state index is 0.0471. The van der Waals surface area contributed by atoms with Gasteiger partial charge in [-0.2, -0.15) is 0 Å². The van der Waals surface area contributed by atoms with Gasteiger partial charge in [0.05, 0.1) is 0 Å². The van der Waals surface area contributed by atoms with E-state index in [1.54, 1.807) is 18.2 Å². The molecule has 0 atom stereocenters. The average molecular weight is 311 g/mol. The number of carbonyl (C=O) groups excluding carboxylic acids is 1. The molecule has 0 saturated heterocycles. The van der Waals surface area contributed by atoms with Crippen LogP contribution in [0.1, 0.15) is 27.9 Å². The summed E-state index contributed by atoms with van der Waals surface area (Å²) >= 11 is 0. The Bertz CT molecular complexity index is 657. The van der Waals surface area contributed by atoms with E-state index in [4.69, 9.17) is 0 Å². The number of ketones is 1. The smallest absolute Gasteiger partial charge is 0.185 e. The maximum atomic E-state index is 12.8. The van der Waals surface area contributed by atoms with Gasteiger partial charge < -0.3 is 4.90 Å². The summed E-state index contributed by atoms with van der Waals surface area (Å²) in [6.07, 6.45) is 5.34. The summed E-state index contributed by atoms with van der Waals surface area (Å²) in [6, 6.07) is 13.8. The molecule has 120 valence electrons.